The van der Waals surface area contributed by atoms with Crippen molar-refractivity contribution in [2.45, 2.75) is 24.7 Å². The van der Waals surface area contributed by atoms with Crippen LogP contribution in [0.2, 0.25) is 0 Å². The van der Waals surface area contributed by atoms with Crippen molar-refractivity contribution < 1.29 is 17.9 Å². The Kier molecular flexibility index (Phi) is 5.61. The molecule has 0 radical (unpaired) electrons. The summed E-state index contributed by atoms with van der Waals surface area (Å²) >= 11 is 0. The molecule has 0 bridgehead atoms. The van der Waals surface area contributed by atoms with Crippen molar-refractivity contribution in [3.63, 3.8) is 0 Å². The van der Waals surface area contributed by atoms with E-state index in [-0.39, 0.29) is 0 Å². The van der Waals surface area contributed by atoms with Gasteiger partial charge in [-0.2, -0.15) is 4.31 Å². The second-order valence-corrected chi connectivity index (χ2v) is 7.36. The number of ether oxygens (including phenoxy) is 2. The van der Waals surface area contributed by atoms with Crippen LogP contribution in [0.5, 0.6) is 5.75 Å². The zero-order chi connectivity index (χ0) is 15.3. The number of benzene rings is 1. The van der Waals surface area contributed by atoms with Crippen molar-refractivity contribution in [2.24, 2.45) is 5.92 Å². The Bertz CT molecular complexity index is 541. The number of sulfonamides is 1. The highest BCUT2D eigenvalue weighted by molar-refractivity contribution is 7.89. The van der Waals surface area contributed by atoms with Gasteiger partial charge in [-0.05, 0) is 43.0 Å². The highest BCUT2D eigenvalue weighted by Gasteiger charge is 2.28. The lowest BCUT2D eigenvalue weighted by atomic mass is 10.0. The first-order valence-electron chi connectivity index (χ1n) is 7.26. The van der Waals surface area contributed by atoms with Crippen LogP contribution in [0.15, 0.2) is 29.2 Å². The first-order chi connectivity index (χ1) is 10.0. The number of hydrogen-bond acceptors (Lipinski definition) is 4. The number of piperidine rings is 1. The zero-order valence-electron chi connectivity index (χ0n) is 12.6. The van der Waals surface area contributed by atoms with Gasteiger partial charge in [0.25, 0.3) is 0 Å². The quantitative estimate of drug-likeness (QED) is 0.755. The maximum absolute atomic E-state index is 12.6. The molecule has 1 aliphatic rings. The van der Waals surface area contributed by atoms with Crippen molar-refractivity contribution in [3.8, 4) is 5.75 Å². The van der Waals surface area contributed by atoms with Gasteiger partial charge in [-0.1, -0.05) is 6.92 Å². The number of rotatable bonds is 6. The van der Waals surface area contributed by atoms with Gasteiger partial charge >= 0.3 is 0 Å². The minimum atomic E-state index is -3.38. The molecule has 0 N–H and O–H groups in total. The molecule has 1 aromatic carbocycles. The van der Waals surface area contributed by atoms with E-state index in [2.05, 4.69) is 6.92 Å². The first-order valence-corrected chi connectivity index (χ1v) is 8.70. The molecule has 2 rings (SSSR count). The molecule has 0 amide bonds. The van der Waals surface area contributed by atoms with Gasteiger partial charge in [-0.15, -0.1) is 0 Å². The summed E-state index contributed by atoms with van der Waals surface area (Å²) < 4.78 is 37.1. The van der Waals surface area contributed by atoms with Gasteiger partial charge in [0.15, 0.2) is 0 Å². The van der Waals surface area contributed by atoms with Crippen LogP contribution in [0.25, 0.3) is 0 Å². The van der Waals surface area contributed by atoms with E-state index >= 15 is 0 Å². The van der Waals surface area contributed by atoms with Gasteiger partial charge in [0.2, 0.25) is 10.0 Å². The van der Waals surface area contributed by atoms with Crippen molar-refractivity contribution in [2.75, 3.05) is 33.4 Å². The molecule has 1 unspecified atom stereocenters. The fraction of sp³-hybridized carbons (Fsp3) is 0.600. The molecule has 0 saturated carbocycles. The van der Waals surface area contributed by atoms with E-state index in [1.165, 1.54) is 0 Å². The van der Waals surface area contributed by atoms with Crippen molar-refractivity contribution in [1.29, 1.82) is 0 Å². The fourth-order valence-electron chi connectivity index (χ4n) is 2.46. The predicted molar refractivity (Wildman–Crippen MR) is 81.0 cm³/mol. The SMILES string of the molecule is COCCOc1ccc(S(=O)(=O)N2CCCC(C)C2)cc1. The Morgan fingerprint density at radius 2 is 1.95 bits per heavy atom. The molecule has 1 fully saturated rings. The van der Waals surface area contributed by atoms with Gasteiger partial charge < -0.3 is 9.47 Å². The predicted octanol–water partition coefficient (Wildman–Crippen LogP) is 2.13. The number of hydrogen-bond donors (Lipinski definition) is 0. The lowest BCUT2D eigenvalue weighted by Crippen LogP contribution is -2.39. The van der Waals surface area contributed by atoms with Crippen LogP contribution in [-0.2, 0) is 14.8 Å². The number of nitrogens with zero attached hydrogens (tertiary/aromatic N) is 1. The minimum absolute atomic E-state index is 0.329. The van der Waals surface area contributed by atoms with Crippen molar-refractivity contribution in [3.05, 3.63) is 24.3 Å². The molecule has 1 heterocycles. The van der Waals surface area contributed by atoms with Crippen molar-refractivity contribution in [1.82, 2.24) is 4.31 Å². The van der Waals surface area contributed by atoms with E-state index in [0.29, 0.717) is 42.9 Å². The summed E-state index contributed by atoms with van der Waals surface area (Å²) in [6.07, 6.45) is 2.02. The van der Waals surface area contributed by atoms with Gasteiger partial charge in [0.05, 0.1) is 11.5 Å². The third-order valence-corrected chi connectivity index (χ3v) is 5.52. The summed E-state index contributed by atoms with van der Waals surface area (Å²) in [5, 5.41) is 0. The Balaban J connectivity index is 2.06. The van der Waals surface area contributed by atoms with Gasteiger partial charge in [0.1, 0.15) is 12.4 Å². The van der Waals surface area contributed by atoms with Gasteiger partial charge in [0, 0.05) is 20.2 Å². The molecule has 5 nitrogen and oxygen atoms in total. The average Bonchev–Trinajstić information content (AvgIpc) is 2.48. The molecule has 6 heteroatoms. The Hall–Kier alpha value is -1.11. The Morgan fingerprint density at radius 3 is 2.57 bits per heavy atom. The summed E-state index contributed by atoms with van der Waals surface area (Å²) in [6, 6.07) is 6.60. The summed E-state index contributed by atoms with van der Waals surface area (Å²) in [6.45, 7) is 4.26. The Morgan fingerprint density at radius 1 is 1.24 bits per heavy atom. The van der Waals surface area contributed by atoms with Gasteiger partial charge in [-0.25, -0.2) is 8.42 Å². The zero-order valence-corrected chi connectivity index (χ0v) is 13.4. The molecule has 0 aliphatic carbocycles. The average molecular weight is 313 g/mol. The molecule has 0 aromatic heterocycles. The van der Waals surface area contributed by atoms with E-state index < -0.39 is 10.0 Å². The van der Waals surface area contributed by atoms with E-state index in [1.54, 1.807) is 35.7 Å². The largest absolute Gasteiger partial charge is 0.491 e. The second-order valence-electron chi connectivity index (χ2n) is 5.42. The second kappa shape index (κ2) is 7.24. The van der Waals surface area contributed by atoms with E-state index in [0.717, 1.165) is 12.8 Å². The maximum atomic E-state index is 12.6. The summed E-state index contributed by atoms with van der Waals surface area (Å²) in [5.74, 6) is 1.07. The fourth-order valence-corrected chi connectivity index (χ4v) is 4.06. The van der Waals surface area contributed by atoms with E-state index in [4.69, 9.17) is 9.47 Å². The third kappa shape index (κ3) is 4.18. The van der Waals surface area contributed by atoms with Crippen LogP contribution in [0.4, 0.5) is 0 Å². The normalized spacial score (nSPS) is 20.4. The molecule has 1 aliphatic heterocycles. The minimum Gasteiger partial charge on any atom is -0.491 e. The highest BCUT2D eigenvalue weighted by Crippen LogP contribution is 2.24. The van der Waals surface area contributed by atoms with Crippen molar-refractivity contribution >= 4 is 10.0 Å². The van der Waals surface area contributed by atoms with Gasteiger partial charge in [-0.3, -0.25) is 0 Å². The van der Waals surface area contributed by atoms with Crippen LogP contribution in [-0.4, -0.2) is 46.1 Å². The van der Waals surface area contributed by atoms with E-state index in [9.17, 15) is 8.42 Å². The third-order valence-electron chi connectivity index (χ3n) is 3.64. The molecule has 1 saturated heterocycles. The van der Waals surface area contributed by atoms with Crippen LogP contribution in [0.1, 0.15) is 19.8 Å². The molecule has 1 atom stereocenters. The number of methoxy groups -OCH3 is 1. The molecular weight excluding hydrogens is 290 g/mol. The molecular formula is C15H23NO4S. The molecule has 118 valence electrons. The topological polar surface area (TPSA) is 55.8 Å². The highest BCUT2D eigenvalue weighted by atomic mass is 32.2. The smallest absolute Gasteiger partial charge is 0.243 e. The summed E-state index contributed by atoms with van der Waals surface area (Å²) in [4.78, 5) is 0.329. The summed E-state index contributed by atoms with van der Waals surface area (Å²) in [5.41, 5.74) is 0. The Labute approximate surface area is 126 Å². The van der Waals surface area contributed by atoms with Crippen LogP contribution >= 0.6 is 0 Å². The monoisotopic (exact) mass is 313 g/mol. The molecule has 1 aromatic rings. The summed E-state index contributed by atoms with van der Waals surface area (Å²) in [7, 11) is -1.77. The molecule has 21 heavy (non-hydrogen) atoms. The lowest BCUT2D eigenvalue weighted by molar-refractivity contribution is 0.146. The standard InChI is InChI=1S/C15H23NO4S/c1-13-4-3-9-16(12-13)21(17,18)15-7-5-14(6-8-15)20-11-10-19-2/h5-8,13H,3-4,9-12H2,1-2H3. The van der Waals surface area contributed by atoms with Crippen LogP contribution in [0.3, 0.4) is 0 Å². The lowest BCUT2D eigenvalue weighted by Gasteiger charge is -2.30. The van der Waals surface area contributed by atoms with E-state index in [1.807, 2.05) is 0 Å². The first kappa shape index (κ1) is 16.3. The molecule has 0 spiro atoms. The van der Waals surface area contributed by atoms with Crippen LogP contribution in [0, 0.1) is 5.92 Å². The maximum Gasteiger partial charge on any atom is 0.243 e. The van der Waals surface area contributed by atoms with Crippen LogP contribution < -0.4 is 4.74 Å².